The third-order valence-electron chi connectivity index (χ3n) is 9.71. The quantitative estimate of drug-likeness (QED) is 0.350. The molecular weight excluding hydrogens is 716 g/mol. The second kappa shape index (κ2) is 14.6. The first kappa shape index (κ1) is 37.5. The average Bonchev–Trinajstić information content (AvgIpc) is 3.94. The number of carbonyl (C=O) groups is 4. The van der Waals surface area contributed by atoms with Crippen LogP contribution in [0.2, 0.25) is 5.02 Å². The Labute approximate surface area is 307 Å². The van der Waals surface area contributed by atoms with E-state index < -0.39 is 74.3 Å². The van der Waals surface area contributed by atoms with Gasteiger partial charge in [0.05, 0.1) is 23.4 Å². The van der Waals surface area contributed by atoms with E-state index >= 15 is 0 Å². The van der Waals surface area contributed by atoms with Gasteiger partial charge in [0.1, 0.15) is 29.0 Å². The number of benzene rings is 1. The molecule has 16 nitrogen and oxygen atoms in total. The molecule has 5 atom stereocenters. The van der Waals surface area contributed by atoms with E-state index in [0.29, 0.717) is 48.4 Å². The van der Waals surface area contributed by atoms with Crippen molar-refractivity contribution in [1.29, 1.82) is 0 Å². The van der Waals surface area contributed by atoms with Crippen LogP contribution in [0.3, 0.4) is 0 Å². The number of sulfonamides is 1. The van der Waals surface area contributed by atoms with Crippen molar-refractivity contribution >= 4 is 45.4 Å². The number of amides is 4. The minimum absolute atomic E-state index is 0.0127. The second-order valence-electron chi connectivity index (χ2n) is 14.9. The Morgan fingerprint density at radius 1 is 1.12 bits per heavy atom. The highest BCUT2D eigenvalue weighted by Crippen LogP contribution is 2.46. The van der Waals surface area contributed by atoms with Gasteiger partial charge in [-0.15, -0.1) is 10.2 Å². The Bertz CT molecular complexity index is 1860. The number of hydrogen-bond donors (Lipinski definition) is 3. The number of alkyl carbamates (subject to hydrolysis) is 1. The molecule has 282 valence electrons. The van der Waals surface area contributed by atoms with E-state index in [4.69, 9.17) is 21.1 Å². The highest BCUT2D eigenvalue weighted by Gasteiger charge is 2.62. The summed E-state index contributed by atoms with van der Waals surface area (Å²) in [5, 5.41) is 18.3. The number of halogens is 1. The summed E-state index contributed by atoms with van der Waals surface area (Å²) in [5.74, 6) is -1.65. The summed E-state index contributed by atoms with van der Waals surface area (Å²) in [5.41, 5.74) is -1.75. The molecule has 0 unspecified atom stereocenters. The van der Waals surface area contributed by atoms with E-state index in [0.717, 1.165) is 12.8 Å². The average molecular weight is 761 g/mol. The van der Waals surface area contributed by atoms with Gasteiger partial charge in [-0.05, 0) is 82.7 Å². The molecule has 2 aromatic rings. The fourth-order valence-electron chi connectivity index (χ4n) is 6.70. The van der Waals surface area contributed by atoms with Crippen molar-refractivity contribution in [3.05, 3.63) is 35.4 Å². The number of carbonyl (C=O) groups excluding carboxylic acids is 4. The van der Waals surface area contributed by atoms with Crippen molar-refractivity contribution < 1.29 is 37.1 Å². The summed E-state index contributed by atoms with van der Waals surface area (Å²) >= 11 is 6.32. The van der Waals surface area contributed by atoms with E-state index in [2.05, 4.69) is 30.8 Å². The maximum Gasteiger partial charge on any atom is 0.408 e. The van der Waals surface area contributed by atoms with Crippen molar-refractivity contribution in [3.63, 3.8) is 0 Å². The number of tetrazole rings is 1. The molecule has 2 saturated carbocycles. The smallest absolute Gasteiger partial charge is 0.408 e. The van der Waals surface area contributed by atoms with Crippen LogP contribution >= 0.6 is 11.6 Å². The Morgan fingerprint density at radius 2 is 1.88 bits per heavy atom. The van der Waals surface area contributed by atoms with Crippen LogP contribution in [0.5, 0.6) is 5.75 Å². The van der Waals surface area contributed by atoms with E-state index in [1.807, 2.05) is 12.2 Å². The first-order valence-corrected chi connectivity index (χ1v) is 19.5. The van der Waals surface area contributed by atoms with Gasteiger partial charge in [0.15, 0.2) is 0 Å². The molecule has 3 heterocycles. The number of nitrogens with zero attached hydrogens (tertiary/aromatic N) is 5. The van der Waals surface area contributed by atoms with Gasteiger partial charge in [-0.3, -0.25) is 19.1 Å². The fraction of sp³-hybridized carbons (Fsp3) is 0.618. The number of nitrogens with one attached hydrogen (secondary N) is 3. The van der Waals surface area contributed by atoms with Crippen molar-refractivity contribution in [2.24, 2.45) is 5.92 Å². The van der Waals surface area contributed by atoms with Gasteiger partial charge in [-0.25, -0.2) is 13.2 Å². The second-order valence-corrected chi connectivity index (χ2v) is 17.3. The van der Waals surface area contributed by atoms with Crippen molar-refractivity contribution in [2.45, 2.75) is 113 Å². The molecule has 1 aromatic carbocycles. The zero-order valence-electron chi connectivity index (χ0n) is 29.6. The van der Waals surface area contributed by atoms with Gasteiger partial charge in [-0.1, -0.05) is 36.6 Å². The first-order valence-electron chi connectivity index (χ1n) is 17.6. The summed E-state index contributed by atoms with van der Waals surface area (Å²) < 4.78 is 38.5. The number of allylic oxidation sites excluding steroid dienone is 1. The molecule has 1 saturated heterocycles. The molecule has 3 N–H and O–H groups in total. The lowest BCUT2D eigenvalue weighted by atomic mass is 10.0. The molecule has 18 heteroatoms. The molecule has 2 aliphatic heterocycles. The Hall–Kier alpha value is -4.25. The third kappa shape index (κ3) is 8.35. The number of ether oxygens (including phenoxy) is 2. The molecule has 4 aliphatic rings. The van der Waals surface area contributed by atoms with Crippen LogP contribution in [0.15, 0.2) is 30.4 Å². The highest BCUT2D eigenvalue weighted by atomic mass is 35.5. The molecule has 0 spiro atoms. The van der Waals surface area contributed by atoms with Crippen LogP contribution in [0.4, 0.5) is 4.79 Å². The minimum atomic E-state index is -3.89. The molecule has 0 radical (unpaired) electrons. The van der Waals surface area contributed by atoms with Crippen molar-refractivity contribution in [3.8, 4) is 17.1 Å². The van der Waals surface area contributed by atoms with Gasteiger partial charge in [0.25, 0.3) is 5.91 Å². The molecule has 3 fully saturated rings. The van der Waals surface area contributed by atoms with Gasteiger partial charge < -0.3 is 25.0 Å². The fourth-order valence-corrected chi connectivity index (χ4v) is 8.32. The zero-order chi connectivity index (χ0) is 37.4. The zero-order valence-corrected chi connectivity index (χ0v) is 31.2. The summed E-state index contributed by atoms with van der Waals surface area (Å²) in [6.07, 6.45) is 7.34. The summed E-state index contributed by atoms with van der Waals surface area (Å²) in [7, 11) is -2.39. The Morgan fingerprint density at radius 3 is 2.58 bits per heavy atom. The maximum atomic E-state index is 14.4. The first-order chi connectivity index (χ1) is 24.6. The molecule has 2 aliphatic carbocycles. The Balaban J connectivity index is 1.31. The van der Waals surface area contributed by atoms with E-state index in [1.165, 1.54) is 16.8 Å². The third-order valence-corrected chi connectivity index (χ3v) is 11.8. The van der Waals surface area contributed by atoms with Crippen LogP contribution in [-0.4, -0.2) is 99.5 Å². The van der Waals surface area contributed by atoms with Crippen LogP contribution in [0, 0.1) is 5.92 Å². The Kier molecular flexibility index (Phi) is 10.6. The number of aromatic nitrogens is 4. The predicted molar refractivity (Wildman–Crippen MR) is 188 cm³/mol. The van der Waals surface area contributed by atoms with Gasteiger partial charge in [0, 0.05) is 24.4 Å². The topological polar surface area (TPSA) is 204 Å². The minimum Gasteiger partial charge on any atom is -0.495 e. The number of hydrogen-bond acceptors (Lipinski definition) is 11. The number of methoxy groups -OCH3 is 1. The molecular formula is C34H45ClN8O8S. The van der Waals surface area contributed by atoms with Crippen LogP contribution in [0.25, 0.3) is 11.4 Å². The standard InChI is InChI=1S/C34H45ClN8O8S/c1-33(2,3)51-32(47)36-25-11-9-7-5-6-8-10-21-18-34(21,31(46)40-52(48,49)23-13-14-23)37-29(44)26-17-22(19-42(26)30(25)45)43-39-28(38-41-43)20-12-15-27(50-4)24(35)16-20/h8,10,12,15-16,21-23,25-26H,5-7,9,11,13-14,17-19H2,1-4H3,(H,36,47)(H,37,44)(H,40,46)/b10-8-/t21-,22-,25-,26+,34+/m1/s1. The van der Waals surface area contributed by atoms with Crippen LogP contribution in [0.1, 0.15) is 84.6 Å². The predicted octanol–water partition coefficient (Wildman–Crippen LogP) is 3.04. The van der Waals surface area contributed by atoms with Crippen LogP contribution in [-0.2, 0) is 29.1 Å². The van der Waals surface area contributed by atoms with E-state index in [9.17, 15) is 27.6 Å². The molecule has 0 bridgehead atoms. The summed E-state index contributed by atoms with van der Waals surface area (Å²) in [6.45, 7) is 5.14. The molecule has 52 heavy (non-hydrogen) atoms. The van der Waals surface area contributed by atoms with Gasteiger partial charge in [0.2, 0.25) is 27.7 Å². The number of rotatable bonds is 7. The summed E-state index contributed by atoms with van der Waals surface area (Å²) in [4.78, 5) is 58.0. The largest absolute Gasteiger partial charge is 0.495 e. The molecule has 6 rings (SSSR count). The van der Waals surface area contributed by atoms with Gasteiger partial charge >= 0.3 is 6.09 Å². The lowest BCUT2D eigenvalue weighted by Crippen LogP contribution is -2.58. The van der Waals surface area contributed by atoms with Crippen molar-refractivity contribution in [1.82, 2.24) is 40.5 Å². The maximum absolute atomic E-state index is 14.4. The molecule has 4 amide bonds. The lowest BCUT2D eigenvalue weighted by Gasteiger charge is -2.30. The normalized spacial score (nSPS) is 27.6. The van der Waals surface area contributed by atoms with Gasteiger partial charge in [-0.2, -0.15) is 4.80 Å². The lowest BCUT2D eigenvalue weighted by molar-refractivity contribution is -0.141. The van der Waals surface area contributed by atoms with Crippen molar-refractivity contribution in [2.75, 3.05) is 13.7 Å². The highest BCUT2D eigenvalue weighted by molar-refractivity contribution is 7.91. The van der Waals surface area contributed by atoms with E-state index in [-0.39, 0.29) is 25.2 Å². The monoisotopic (exact) mass is 760 g/mol. The molecule has 1 aromatic heterocycles. The SMILES string of the molecule is COc1ccc(-c2nnn([C@@H]3C[C@H]4C(=O)N[C@@]5(C(=O)NS(=O)(=O)C6CC6)C[C@H]5/C=C\CCCCC[C@@H](NC(=O)OC(C)(C)C)C(=O)N4C3)n2)cc1Cl. The number of fused-ring (bicyclic) bond motifs is 2. The summed E-state index contributed by atoms with van der Waals surface area (Å²) in [6, 6.07) is 2.28. The van der Waals surface area contributed by atoms with E-state index in [1.54, 1.807) is 39.0 Å². The van der Waals surface area contributed by atoms with Crippen LogP contribution < -0.4 is 20.1 Å².